The average molecular weight is 759 g/mol. The molecule has 37 heavy (non-hydrogen) atoms. The normalized spacial score (nSPS) is 13.4. The van der Waals surface area contributed by atoms with Gasteiger partial charge >= 0.3 is 0 Å². The van der Waals surface area contributed by atoms with E-state index in [2.05, 4.69) is 63.7 Å². The number of carbonyl (C=O) groups is 4. The van der Waals surface area contributed by atoms with Crippen LogP contribution in [-0.2, 0) is 0 Å². The van der Waals surface area contributed by atoms with Crippen molar-refractivity contribution in [3.05, 3.63) is 105 Å². The van der Waals surface area contributed by atoms with Crippen LogP contribution in [0.3, 0.4) is 0 Å². The molecule has 0 fully saturated rings. The molecular formula is C24H13Br4N3O6. The lowest BCUT2D eigenvalue weighted by Gasteiger charge is -2.34. The number of imide groups is 1. The lowest BCUT2D eigenvalue weighted by Crippen LogP contribution is -2.56. The summed E-state index contributed by atoms with van der Waals surface area (Å²) in [5.74, 6) is -3.05. The fourth-order valence-corrected chi connectivity index (χ4v) is 6.24. The van der Waals surface area contributed by atoms with E-state index in [-0.39, 0.29) is 36.9 Å². The Hall–Kier alpha value is -2.74. The molecule has 188 valence electrons. The second kappa shape index (κ2) is 10.6. The molecule has 0 N–H and O–H groups in total. The molecule has 1 atom stereocenters. The molecule has 9 nitrogen and oxygen atoms in total. The summed E-state index contributed by atoms with van der Waals surface area (Å²) in [6.07, 6.45) is 0. The van der Waals surface area contributed by atoms with E-state index in [0.29, 0.717) is 14.0 Å². The molecule has 3 aromatic carbocycles. The highest BCUT2D eigenvalue weighted by Gasteiger charge is 2.48. The van der Waals surface area contributed by atoms with E-state index in [4.69, 9.17) is 0 Å². The van der Waals surface area contributed by atoms with E-state index < -0.39 is 34.5 Å². The van der Waals surface area contributed by atoms with Crippen molar-refractivity contribution in [3.63, 3.8) is 0 Å². The maximum absolute atomic E-state index is 13.8. The predicted octanol–water partition coefficient (Wildman–Crippen LogP) is 6.57. The Kier molecular flexibility index (Phi) is 7.79. The Balaban J connectivity index is 1.86. The maximum atomic E-state index is 13.8. The summed E-state index contributed by atoms with van der Waals surface area (Å²) in [7, 11) is 0. The number of halogens is 4. The first-order valence-electron chi connectivity index (χ1n) is 10.4. The number of Topliss-reactive ketones (excluding diaryl/α,β-unsaturated/α-hetero) is 1. The Morgan fingerprint density at radius 2 is 1.30 bits per heavy atom. The molecule has 0 spiro atoms. The third-order valence-electron chi connectivity index (χ3n) is 5.63. The van der Waals surface area contributed by atoms with E-state index in [1.807, 2.05) is 0 Å². The predicted molar refractivity (Wildman–Crippen MR) is 147 cm³/mol. The van der Waals surface area contributed by atoms with Crippen LogP contribution in [0.1, 0.15) is 48.4 Å². The van der Waals surface area contributed by atoms with Crippen molar-refractivity contribution in [2.24, 2.45) is 0 Å². The van der Waals surface area contributed by atoms with Crippen molar-refractivity contribution >= 4 is 92.9 Å². The third kappa shape index (κ3) is 4.69. The van der Waals surface area contributed by atoms with Gasteiger partial charge in [-0.05, 0) is 82.8 Å². The van der Waals surface area contributed by atoms with Crippen molar-refractivity contribution in [3.8, 4) is 0 Å². The second-order valence-corrected chi connectivity index (χ2v) is 11.0. The summed E-state index contributed by atoms with van der Waals surface area (Å²) < 4.78 is 1.48. The largest absolute Gasteiger partial charge is 0.292 e. The van der Waals surface area contributed by atoms with Gasteiger partial charge in [-0.1, -0.05) is 30.3 Å². The Labute approximate surface area is 243 Å². The van der Waals surface area contributed by atoms with Gasteiger partial charge in [-0.3, -0.25) is 29.3 Å². The maximum Gasteiger partial charge on any atom is 0.282 e. The number of ketones is 1. The van der Waals surface area contributed by atoms with Gasteiger partial charge in [0, 0.05) is 41.2 Å². The molecule has 13 heteroatoms. The van der Waals surface area contributed by atoms with E-state index in [1.165, 1.54) is 19.1 Å². The molecule has 0 unspecified atom stereocenters. The highest BCUT2D eigenvalue weighted by atomic mass is 79.9. The number of amides is 3. The van der Waals surface area contributed by atoms with Gasteiger partial charge in [0.25, 0.3) is 23.4 Å². The van der Waals surface area contributed by atoms with Crippen molar-refractivity contribution in [1.82, 2.24) is 10.0 Å². The number of benzene rings is 3. The topological polar surface area (TPSA) is 118 Å². The number of fused-ring (bicyclic) bond motifs is 1. The second-order valence-electron chi connectivity index (χ2n) is 7.79. The molecule has 1 aliphatic heterocycles. The van der Waals surface area contributed by atoms with Crippen LogP contribution in [0.5, 0.6) is 0 Å². The number of non-ortho nitro benzene ring substituents is 1. The molecule has 0 saturated heterocycles. The Morgan fingerprint density at radius 3 is 1.76 bits per heavy atom. The van der Waals surface area contributed by atoms with Crippen LogP contribution in [0.25, 0.3) is 0 Å². The van der Waals surface area contributed by atoms with Crippen LogP contribution in [0.2, 0.25) is 0 Å². The molecule has 0 aliphatic carbocycles. The minimum absolute atomic E-state index is 0.00666. The lowest BCUT2D eigenvalue weighted by atomic mass is 10.0. The van der Waals surface area contributed by atoms with Crippen molar-refractivity contribution < 1.29 is 24.1 Å². The van der Waals surface area contributed by atoms with E-state index in [9.17, 15) is 29.3 Å². The van der Waals surface area contributed by atoms with Crippen LogP contribution in [0.15, 0.2) is 72.5 Å². The Bertz CT molecular complexity index is 1450. The van der Waals surface area contributed by atoms with Gasteiger partial charge in [-0.2, -0.15) is 5.01 Å². The molecule has 4 rings (SSSR count). The zero-order chi connectivity index (χ0) is 27.2. The van der Waals surface area contributed by atoms with Crippen molar-refractivity contribution in [1.29, 1.82) is 0 Å². The van der Waals surface area contributed by atoms with Crippen LogP contribution >= 0.6 is 63.7 Å². The van der Waals surface area contributed by atoms with Gasteiger partial charge in [0.2, 0.25) is 0 Å². The number of rotatable bonds is 6. The summed E-state index contributed by atoms with van der Waals surface area (Å²) in [5, 5.41) is 12.5. The first kappa shape index (κ1) is 27.3. The van der Waals surface area contributed by atoms with Crippen LogP contribution in [0, 0.1) is 10.1 Å². The fourth-order valence-electron chi connectivity index (χ4n) is 3.79. The number of nitrogens with zero attached hydrogens (tertiary/aromatic N) is 3. The van der Waals surface area contributed by atoms with Crippen LogP contribution < -0.4 is 0 Å². The number of hydrazine groups is 1. The quantitative estimate of drug-likeness (QED) is 0.0702. The minimum atomic E-state index is -1.29. The molecule has 0 saturated carbocycles. The molecule has 1 aliphatic rings. The summed E-state index contributed by atoms with van der Waals surface area (Å²) in [6.45, 7) is 1.40. The van der Waals surface area contributed by atoms with Crippen LogP contribution in [-0.4, -0.2) is 44.5 Å². The lowest BCUT2D eigenvalue weighted by molar-refractivity contribution is -0.384. The van der Waals surface area contributed by atoms with Gasteiger partial charge in [0.15, 0.2) is 5.78 Å². The molecule has 0 radical (unpaired) electrons. The number of carbonyl (C=O) groups excluding carboxylic acids is 4. The van der Waals surface area contributed by atoms with Gasteiger partial charge < -0.3 is 0 Å². The van der Waals surface area contributed by atoms with E-state index >= 15 is 0 Å². The number of nitro groups is 1. The standard InChI is InChI=1S/C24H13Br4N3O6/c1-11(21(32)12-5-3-2-4-6-12)29(22(33)13-7-9-14(10-8-13)31(36)37)30-23(34)15-16(24(30)35)18(26)20(28)19(27)17(15)25/h2-11H,1H3/t11-/m0/s1. The van der Waals surface area contributed by atoms with Gasteiger partial charge in [-0.15, -0.1) is 0 Å². The zero-order valence-corrected chi connectivity index (χ0v) is 24.9. The Morgan fingerprint density at radius 1 is 0.811 bits per heavy atom. The molecule has 0 bridgehead atoms. The summed E-state index contributed by atoms with van der Waals surface area (Å²) in [4.78, 5) is 64.9. The first-order valence-corrected chi connectivity index (χ1v) is 13.6. The fraction of sp³-hybridized carbons (Fsp3) is 0.0833. The zero-order valence-electron chi connectivity index (χ0n) is 18.6. The van der Waals surface area contributed by atoms with E-state index in [0.717, 1.165) is 17.1 Å². The summed E-state index contributed by atoms with van der Waals surface area (Å²) >= 11 is 13.4. The van der Waals surface area contributed by atoms with Gasteiger partial charge in [-0.25, -0.2) is 5.01 Å². The van der Waals surface area contributed by atoms with Gasteiger partial charge in [0.1, 0.15) is 6.04 Å². The van der Waals surface area contributed by atoms with Gasteiger partial charge in [0.05, 0.1) is 16.1 Å². The third-order valence-corrected chi connectivity index (χ3v) is 10.4. The molecule has 0 aromatic heterocycles. The molecule has 1 heterocycles. The smallest absolute Gasteiger partial charge is 0.282 e. The van der Waals surface area contributed by atoms with E-state index in [1.54, 1.807) is 30.3 Å². The van der Waals surface area contributed by atoms with Crippen LogP contribution in [0.4, 0.5) is 5.69 Å². The van der Waals surface area contributed by atoms with Crippen molar-refractivity contribution in [2.75, 3.05) is 0 Å². The highest BCUT2D eigenvalue weighted by Crippen LogP contribution is 2.45. The SMILES string of the molecule is C[C@@H](C(=O)c1ccccc1)N(C(=O)c1ccc([N+](=O)[O-])cc1)N1C(=O)c2c(Br)c(Br)c(Br)c(Br)c2C1=O. The highest BCUT2D eigenvalue weighted by molar-refractivity contribution is 9.15. The van der Waals surface area contributed by atoms with Crippen molar-refractivity contribution in [2.45, 2.75) is 13.0 Å². The molecule has 3 aromatic rings. The molecule has 3 amide bonds. The number of hydrogen-bond donors (Lipinski definition) is 0. The summed E-state index contributed by atoms with van der Waals surface area (Å²) in [6, 6.07) is 11.5. The number of nitro benzene ring substituents is 1. The monoisotopic (exact) mass is 755 g/mol. The minimum Gasteiger partial charge on any atom is -0.292 e. The molecular weight excluding hydrogens is 746 g/mol. The summed E-state index contributed by atoms with van der Waals surface area (Å²) in [5.41, 5.74) is -0.0586. The average Bonchev–Trinajstić information content (AvgIpc) is 3.16. The number of hydrogen-bond acceptors (Lipinski definition) is 6. The first-order chi connectivity index (χ1) is 17.5.